The molecule has 2 heterocycles. The molecule has 0 aliphatic carbocycles. The Morgan fingerprint density at radius 2 is 1.85 bits per heavy atom. The van der Waals surface area contributed by atoms with E-state index in [2.05, 4.69) is 38.4 Å². The van der Waals surface area contributed by atoms with Crippen molar-refractivity contribution >= 4 is 17.4 Å². The Kier molecular flexibility index (Phi) is 4.60. The van der Waals surface area contributed by atoms with Crippen molar-refractivity contribution in [2.45, 2.75) is 19.4 Å². The van der Waals surface area contributed by atoms with Crippen molar-refractivity contribution in [2.24, 2.45) is 0 Å². The third kappa shape index (κ3) is 3.42. The lowest BCUT2D eigenvalue weighted by Gasteiger charge is -2.30. The summed E-state index contributed by atoms with van der Waals surface area (Å²) >= 11 is 0. The zero-order valence-corrected chi connectivity index (χ0v) is 14.4. The van der Waals surface area contributed by atoms with Crippen LogP contribution in [0.1, 0.15) is 28.0 Å². The second kappa shape index (κ2) is 7.35. The number of para-hydroxylation sites is 1. The van der Waals surface area contributed by atoms with Crippen molar-refractivity contribution in [3.05, 3.63) is 83.8 Å². The van der Waals surface area contributed by atoms with Gasteiger partial charge in [-0.05, 0) is 30.0 Å². The molecule has 0 spiro atoms. The molecule has 0 unspecified atom stereocenters. The average Bonchev–Trinajstić information content (AvgIpc) is 2.72. The van der Waals surface area contributed by atoms with E-state index in [0.717, 1.165) is 36.5 Å². The molecule has 0 radical (unpaired) electrons. The summed E-state index contributed by atoms with van der Waals surface area (Å²) in [6.45, 7) is 1.37. The third-order valence-corrected chi connectivity index (χ3v) is 4.57. The van der Waals surface area contributed by atoms with Crippen molar-refractivity contribution in [3.63, 3.8) is 0 Å². The van der Waals surface area contributed by atoms with Gasteiger partial charge in [-0.1, -0.05) is 48.5 Å². The SMILES string of the molecule is O=C(NCc1ccccc1)c1cc(N2CCCc3ccccc32)ncn1. The first kappa shape index (κ1) is 16.3. The minimum Gasteiger partial charge on any atom is -0.347 e. The molecule has 3 aromatic rings. The quantitative estimate of drug-likeness (QED) is 0.787. The summed E-state index contributed by atoms with van der Waals surface area (Å²) in [4.78, 5) is 23.2. The van der Waals surface area contributed by atoms with E-state index in [0.29, 0.717) is 12.2 Å². The maximum atomic E-state index is 12.5. The van der Waals surface area contributed by atoms with E-state index in [4.69, 9.17) is 0 Å². The van der Waals surface area contributed by atoms with Gasteiger partial charge < -0.3 is 10.2 Å². The lowest BCUT2D eigenvalue weighted by Crippen LogP contribution is -2.27. The monoisotopic (exact) mass is 344 g/mol. The molecule has 2 aromatic carbocycles. The van der Waals surface area contributed by atoms with Gasteiger partial charge in [0.15, 0.2) is 0 Å². The molecule has 0 bridgehead atoms. The largest absolute Gasteiger partial charge is 0.347 e. The summed E-state index contributed by atoms with van der Waals surface area (Å²) in [5.74, 6) is 0.569. The predicted molar refractivity (Wildman–Crippen MR) is 101 cm³/mol. The topological polar surface area (TPSA) is 58.1 Å². The number of fused-ring (bicyclic) bond motifs is 1. The number of rotatable bonds is 4. The van der Waals surface area contributed by atoms with E-state index < -0.39 is 0 Å². The van der Waals surface area contributed by atoms with Gasteiger partial charge in [-0.2, -0.15) is 0 Å². The summed E-state index contributed by atoms with van der Waals surface area (Å²) in [5, 5.41) is 2.92. The van der Waals surface area contributed by atoms with Crippen LogP contribution in [0.15, 0.2) is 67.0 Å². The third-order valence-electron chi connectivity index (χ3n) is 4.57. The summed E-state index contributed by atoms with van der Waals surface area (Å²) in [7, 11) is 0. The van der Waals surface area contributed by atoms with E-state index in [1.807, 2.05) is 36.4 Å². The van der Waals surface area contributed by atoms with Gasteiger partial charge in [-0.15, -0.1) is 0 Å². The second-order valence-electron chi connectivity index (χ2n) is 6.31. The fourth-order valence-corrected chi connectivity index (χ4v) is 3.26. The Hall–Kier alpha value is -3.21. The summed E-state index contributed by atoms with van der Waals surface area (Å²) in [6, 6.07) is 19.9. The fraction of sp³-hybridized carbons (Fsp3) is 0.190. The Bertz CT molecular complexity index is 911. The molecule has 4 rings (SSSR count). The number of aromatic nitrogens is 2. The molecular weight excluding hydrogens is 324 g/mol. The van der Waals surface area contributed by atoms with E-state index in [1.54, 1.807) is 6.07 Å². The van der Waals surface area contributed by atoms with Crippen LogP contribution >= 0.6 is 0 Å². The molecule has 1 aromatic heterocycles. The van der Waals surface area contributed by atoms with Gasteiger partial charge in [0.1, 0.15) is 17.8 Å². The van der Waals surface area contributed by atoms with Crippen molar-refractivity contribution in [2.75, 3.05) is 11.4 Å². The molecule has 0 atom stereocenters. The molecule has 0 saturated carbocycles. The highest BCUT2D eigenvalue weighted by Gasteiger charge is 2.20. The number of hydrogen-bond acceptors (Lipinski definition) is 4. The second-order valence-corrected chi connectivity index (χ2v) is 6.31. The summed E-state index contributed by atoms with van der Waals surface area (Å²) < 4.78 is 0. The molecule has 1 aliphatic rings. The molecule has 26 heavy (non-hydrogen) atoms. The van der Waals surface area contributed by atoms with Crippen LogP contribution in [-0.2, 0) is 13.0 Å². The van der Waals surface area contributed by atoms with Gasteiger partial charge in [0.2, 0.25) is 0 Å². The molecule has 0 fully saturated rings. The Labute approximate surface area is 152 Å². The lowest BCUT2D eigenvalue weighted by molar-refractivity contribution is 0.0946. The lowest BCUT2D eigenvalue weighted by atomic mass is 10.0. The number of amides is 1. The first-order chi connectivity index (χ1) is 12.8. The van der Waals surface area contributed by atoms with Gasteiger partial charge in [-0.3, -0.25) is 4.79 Å². The molecule has 1 N–H and O–H groups in total. The van der Waals surface area contributed by atoms with Crippen LogP contribution in [0.2, 0.25) is 0 Å². The first-order valence-electron chi connectivity index (χ1n) is 8.81. The van der Waals surface area contributed by atoms with Crippen LogP contribution in [0.5, 0.6) is 0 Å². The average molecular weight is 344 g/mol. The van der Waals surface area contributed by atoms with Crippen LogP contribution < -0.4 is 10.2 Å². The predicted octanol–water partition coefficient (Wildman–Crippen LogP) is 3.49. The van der Waals surface area contributed by atoms with Crippen LogP contribution in [0.4, 0.5) is 11.5 Å². The van der Waals surface area contributed by atoms with E-state index >= 15 is 0 Å². The molecule has 1 aliphatic heterocycles. The van der Waals surface area contributed by atoms with E-state index in [1.165, 1.54) is 11.9 Å². The van der Waals surface area contributed by atoms with Crippen molar-refractivity contribution in [1.29, 1.82) is 0 Å². The molecule has 5 heteroatoms. The van der Waals surface area contributed by atoms with Crippen molar-refractivity contribution < 1.29 is 4.79 Å². The number of aryl methyl sites for hydroxylation is 1. The van der Waals surface area contributed by atoms with Gasteiger partial charge in [0, 0.05) is 24.8 Å². The zero-order chi connectivity index (χ0) is 17.8. The number of hydrogen-bond donors (Lipinski definition) is 1. The Morgan fingerprint density at radius 3 is 2.73 bits per heavy atom. The van der Waals surface area contributed by atoms with Crippen LogP contribution in [0.3, 0.4) is 0 Å². The van der Waals surface area contributed by atoms with E-state index in [9.17, 15) is 4.79 Å². The number of carbonyl (C=O) groups excluding carboxylic acids is 1. The minimum absolute atomic E-state index is 0.192. The smallest absolute Gasteiger partial charge is 0.270 e. The molecule has 5 nitrogen and oxygen atoms in total. The number of anilines is 2. The standard InChI is InChI=1S/C21H20N4O/c26-21(22-14-16-7-2-1-3-8-16)18-13-20(24-15-23-18)25-12-6-10-17-9-4-5-11-19(17)25/h1-5,7-9,11,13,15H,6,10,12,14H2,(H,22,26). The number of carbonyl (C=O) groups is 1. The molecule has 1 amide bonds. The minimum atomic E-state index is -0.192. The van der Waals surface area contributed by atoms with Crippen molar-refractivity contribution in [1.82, 2.24) is 15.3 Å². The Balaban J connectivity index is 1.53. The summed E-state index contributed by atoms with van der Waals surface area (Å²) in [6.07, 6.45) is 3.60. The maximum absolute atomic E-state index is 12.5. The highest BCUT2D eigenvalue weighted by molar-refractivity contribution is 5.93. The van der Waals surface area contributed by atoms with Crippen molar-refractivity contribution in [3.8, 4) is 0 Å². The zero-order valence-electron chi connectivity index (χ0n) is 14.4. The maximum Gasteiger partial charge on any atom is 0.270 e. The van der Waals surface area contributed by atoms with E-state index in [-0.39, 0.29) is 5.91 Å². The number of nitrogens with one attached hydrogen (secondary N) is 1. The van der Waals surface area contributed by atoms with Crippen LogP contribution in [0.25, 0.3) is 0 Å². The molecule has 130 valence electrons. The fourth-order valence-electron chi connectivity index (χ4n) is 3.26. The normalized spacial score (nSPS) is 13.2. The van der Waals surface area contributed by atoms with Gasteiger partial charge >= 0.3 is 0 Å². The van der Waals surface area contributed by atoms with Crippen LogP contribution in [-0.4, -0.2) is 22.4 Å². The Morgan fingerprint density at radius 1 is 1.04 bits per heavy atom. The molecule has 0 saturated heterocycles. The molecular formula is C21H20N4O. The van der Waals surface area contributed by atoms with Crippen LogP contribution in [0, 0.1) is 0 Å². The van der Waals surface area contributed by atoms with Gasteiger partial charge in [0.05, 0.1) is 0 Å². The van der Waals surface area contributed by atoms with Gasteiger partial charge in [0.25, 0.3) is 5.91 Å². The van der Waals surface area contributed by atoms with Gasteiger partial charge in [-0.25, -0.2) is 9.97 Å². The number of benzene rings is 2. The highest BCUT2D eigenvalue weighted by Crippen LogP contribution is 2.32. The highest BCUT2D eigenvalue weighted by atomic mass is 16.1. The number of nitrogens with zero attached hydrogens (tertiary/aromatic N) is 3. The summed E-state index contributed by atoms with van der Waals surface area (Å²) in [5.41, 5.74) is 3.91. The first-order valence-corrected chi connectivity index (χ1v) is 8.81.